The molecule has 1 unspecified atom stereocenters. The average Bonchev–Trinajstić information content (AvgIpc) is 2.58. The summed E-state index contributed by atoms with van der Waals surface area (Å²) >= 11 is 0. The minimum absolute atomic E-state index is 0.150. The second-order valence-electron chi connectivity index (χ2n) is 4.15. The van der Waals surface area contributed by atoms with Crippen molar-refractivity contribution in [3.8, 4) is 0 Å². The van der Waals surface area contributed by atoms with E-state index in [1.807, 2.05) is 0 Å². The van der Waals surface area contributed by atoms with E-state index in [0.717, 1.165) is 26.1 Å². The Hall–Kier alpha value is -1.14. The number of rotatable bonds is 2. The predicted molar refractivity (Wildman–Crippen MR) is 56.3 cm³/mol. The molecule has 1 fully saturated rings. The fourth-order valence-electron chi connectivity index (χ4n) is 1.88. The number of nitrogens with zero attached hydrogens (tertiary/aromatic N) is 4. The number of hydrogen-bond acceptors (Lipinski definition) is 6. The van der Waals surface area contributed by atoms with Crippen molar-refractivity contribution in [3.63, 3.8) is 0 Å². The zero-order valence-corrected chi connectivity index (χ0v) is 9.18. The maximum absolute atomic E-state index is 5.38. The first kappa shape index (κ1) is 10.4. The Morgan fingerprint density at radius 3 is 2.93 bits per heavy atom. The van der Waals surface area contributed by atoms with Crippen molar-refractivity contribution in [2.45, 2.75) is 12.5 Å². The second kappa shape index (κ2) is 4.16. The topological polar surface area (TPSA) is 71.4 Å². The van der Waals surface area contributed by atoms with E-state index in [2.05, 4.69) is 34.0 Å². The minimum atomic E-state index is 0.150. The second-order valence-corrected chi connectivity index (χ2v) is 4.15. The van der Waals surface area contributed by atoms with Crippen LogP contribution in [0.1, 0.15) is 5.82 Å². The van der Waals surface area contributed by atoms with Crippen molar-refractivity contribution in [2.24, 2.45) is 0 Å². The van der Waals surface area contributed by atoms with Crippen LogP contribution in [-0.4, -0.2) is 59.7 Å². The highest BCUT2D eigenvalue weighted by molar-refractivity contribution is 5.08. The monoisotopic (exact) mass is 211 g/mol. The summed E-state index contributed by atoms with van der Waals surface area (Å²) in [5, 5.41) is 3.81. The molecule has 0 spiro atoms. The maximum Gasteiger partial charge on any atom is 0.318 e. The summed E-state index contributed by atoms with van der Waals surface area (Å²) in [6.45, 7) is 3.22. The lowest BCUT2D eigenvalue weighted by Crippen LogP contribution is -2.50. The molecule has 6 nitrogen and oxygen atoms in total. The molecule has 0 saturated carbocycles. The van der Waals surface area contributed by atoms with Gasteiger partial charge in [-0.2, -0.15) is 4.98 Å². The van der Waals surface area contributed by atoms with Crippen molar-refractivity contribution < 1.29 is 4.52 Å². The van der Waals surface area contributed by atoms with Gasteiger partial charge in [-0.15, -0.1) is 0 Å². The van der Waals surface area contributed by atoms with Crippen molar-refractivity contribution in [1.29, 1.82) is 0 Å². The highest BCUT2D eigenvalue weighted by Crippen LogP contribution is 2.11. The summed E-state index contributed by atoms with van der Waals surface area (Å²) in [6.07, 6.45) is 0.793. The number of likely N-dealkylation sites (N-methyl/N-ethyl adjacent to an activating group) is 2. The summed E-state index contributed by atoms with van der Waals surface area (Å²) in [4.78, 5) is 8.66. The molecule has 1 atom stereocenters. The van der Waals surface area contributed by atoms with Gasteiger partial charge in [-0.25, -0.2) is 0 Å². The van der Waals surface area contributed by atoms with Crippen molar-refractivity contribution in [1.82, 2.24) is 19.9 Å². The smallest absolute Gasteiger partial charge is 0.318 e. The molecule has 2 N–H and O–H groups in total. The number of nitrogens with two attached hydrogens (primary N) is 1. The number of piperazine rings is 1. The van der Waals surface area contributed by atoms with E-state index in [9.17, 15) is 0 Å². The molecule has 1 aromatic heterocycles. The number of nitrogen functional groups attached to an aromatic ring is 1. The number of hydrogen-bond donors (Lipinski definition) is 1. The van der Waals surface area contributed by atoms with Gasteiger partial charge < -0.3 is 20.1 Å². The van der Waals surface area contributed by atoms with Crippen LogP contribution in [0.15, 0.2) is 4.52 Å². The van der Waals surface area contributed by atoms with Crippen molar-refractivity contribution in [2.75, 3.05) is 39.5 Å². The van der Waals surface area contributed by atoms with Gasteiger partial charge in [0.2, 0.25) is 0 Å². The van der Waals surface area contributed by atoms with Gasteiger partial charge >= 0.3 is 6.01 Å². The molecule has 6 heteroatoms. The van der Waals surface area contributed by atoms with Gasteiger partial charge in [0.15, 0.2) is 5.82 Å². The van der Waals surface area contributed by atoms with Gasteiger partial charge in [0.05, 0.1) is 0 Å². The van der Waals surface area contributed by atoms with Crippen LogP contribution in [-0.2, 0) is 6.42 Å². The molecule has 1 saturated heterocycles. The molecule has 1 aromatic rings. The first-order chi connectivity index (χ1) is 7.15. The first-order valence-electron chi connectivity index (χ1n) is 5.12. The van der Waals surface area contributed by atoms with Gasteiger partial charge in [0.1, 0.15) is 0 Å². The van der Waals surface area contributed by atoms with Gasteiger partial charge in [-0.1, -0.05) is 5.16 Å². The van der Waals surface area contributed by atoms with Crippen LogP contribution in [0.3, 0.4) is 0 Å². The predicted octanol–water partition coefficient (Wildman–Crippen LogP) is -0.560. The molecule has 1 aliphatic heterocycles. The summed E-state index contributed by atoms with van der Waals surface area (Å²) < 4.78 is 4.75. The average molecular weight is 211 g/mol. The Labute approximate surface area is 89.0 Å². The van der Waals surface area contributed by atoms with E-state index in [-0.39, 0.29) is 6.01 Å². The lowest BCUT2D eigenvalue weighted by molar-refractivity contribution is 0.113. The Balaban J connectivity index is 1.98. The molecule has 0 amide bonds. The summed E-state index contributed by atoms with van der Waals surface area (Å²) in [6, 6.07) is 0.595. The van der Waals surface area contributed by atoms with Crippen molar-refractivity contribution in [3.05, 3.63) is 5.82 Å². The van der Waals surface area contributed by atoms with Gasteiger partial charge in [-0.3, -0.25) is 0 Å². The molecule has 0 radical (unpaired) electrons. The Bertz CT molecular complexity index is 326. The molecular formula is C9H17N5O. The van der Waals surface area contributed by atoms with Gasteiger partial charge in [0, 0.05) is 32.1 Å². The summed E-state index contributed by atoms with van der Waals surface area (Å²) in [7, 11) is 4.26. The third-order valence-corrected chi connectivity index (χ3v) is 2.88. The molecule has 0 aromatic carbocycles. The molecule has 0 aliphatic carbocycles. The third-order valence-electron chi connectivity index (χ3n) is 2.88. The lowest BCUT2D eigenvalue weighted by Gasteiger charge is -2.37. The quantitative estimate of drug-likeness (QED) is 0.707. The largest absolute Gasteiger partial charge is 0.351 e. The van der Waals surface area contributed by atoms with Gasteiger partial charge in [0.25, 0.3) is 0 Å². The SMILES string of the molecule is CN1CCN(C)C(Cc2noc(N)n2)C1. The van der Waals surface area contributed by atoms with Gasteiger partial charge in [-0.05, 0) is 14.1 Å². The van der Waals surface area contributed by atoms with E-state index >= 15 is 0 Å². The van der Waals surface area contributed by atoms with Crippen LogP contribution in [0.5, 0.6) is 0 Å². The van der Waals surface area contributed by atoms with Crippen molar-refractivity contribution >= 4 is 6.01 Å². The fraction of sp³-hybridized carbons (Fsp3) is 0.778. The van der Waals surface area contributed by atoms with Crippen LogP contribution in [0.2, 0.25) is 0 Å². The zero-order valence-electron chi connectivity index (χ0n) is 9.18. The fourth-order valence-corrected chi connectivity index (χ4v) is 1.88. The normalized spacial score (nSPS) is 24.5. The number of aromatic nitrogens is 2. The van der Waals surface area contributed by atoms with E-state index in [1.165, 1.54) is 0 Å². The van der Waals surface area contributed by atoms with E-state index in [0.29, 0.717) is 11.9 Å². The summed E-state index contributed by atoms with van der Waals surface area (Å²) in [5.74, 6) is 0.694. The summed E-state index contributed by atoms with van der Waals surface area (Å²) in [5.41, 5.74) is 5.38. The van der Waals surface area contributed by atoms with E-state index < -0.39 is 0 Å². The maximum atomic E-state index is 5.38. The highest BCUT2D eigenvalue weighted by Gasteiger charge is 2.23. The highest BCUT2D eigenvalue weighted by atomic mass is 16.5. The Kier molecular flexibility index (Phi) is 2.88. The van der Waals surface area contributed by atoms with E-state index in [4.69, 9.17) is 10.3 Å². The van der Waals surface area contributed by atoms with Crippen LogP contribution >= 0.6 is 0 Å². The molecule has 2 heterocycles. The molecular weight excluding hydrogens is 194 g/mol. The van der Waals surface area contributed by atoms with Crippen LogP contribution in [0, 0.1) is 0 Å². The van der Waals surface area contributed by atoms with E-state index in [1.54, 1.807) is 0 Å². The lowest BCUT2D eigenvalue weighted by atomic mass is 10.1. The van der Waals surface area contributed by atoms with Crippen LogP contribution in [0.25, 0.3) is 0 Å². The molecule has 15 heavy (non-hydrogen) atoms. The first-order valence-corrected chi connectivity index (χ1v) is 5.12. The minimum Gasteiger partial charge on any atom is -0.351 e. The Morgan fingerprint density at radius 2 is 2.27 bits per heavy atom. The Morgan fingerprint density at radius 1 is 1.47 bits per heavy atom. The number of anilines is 1. The van der Waals surface area contributed by atoms with Crippen LogP contribution < -0.4 is 5.73 Å². The molecule has 84 valence electrons. The molecule has 0 bridgehead atoms. The standard InChI is InChI=1S/C9H17N5O/c1-13-3-4-14(2)7(6-13)5-8-11-9(10)15-12-8/h7H,3-6H2,1-2H3,(H2,10,11,12). The van der Waals surface area contributed by atoms with Crippen LogP contribution in [0.4, 0.5) is 6.01 Å². The molecule has 2 rings (SSSR count). The third kappa shape index (κ3) is 2.45. The zero-order chi connectivity index (χ0) is 10.8. The molecule has 1 aliphatic rings.